The van der Waals surface area contributed by atoms with Crippen molar-refractivity contribution in [2.75, 3.05) is 6.61 Å². The molecule has 2 nitrogen and oxygen atoms in total. The van der Waals surface area contributed by atoms with E-state index in [0.717, 1.165) is 0 Å². The molecule has 1 unspecified atom stereocenters. The Bertz CT molecular complexity index is 81.8. The Hall–Kier alpha value is -0.0500. The van der Waals surface area contributed by atoms with Gasteiger partial charge in [-0.15, -0.1) is 0 Å². The van der Waals surface area contributed by atoms with Crippen molar-refractivity contribution in [3.05, 3.63) is 12.2 Å². The highest BCUT2D eigenvalue weighted by Crippen LogP contribution is 2.04. The summed E-state index contributed by atoms with van der Waals surface area (Å²) in [6.07, 6.45) is 3.53. The summed E-state index contributed by atoms with van der Waals surface area (Å²) in [5, 5.41) is 0. The van der Waals surface area contributed by atoms with Crippen LogP contribution in [0.4, 0.5) is 0 Å². The predicted octanol–water partition coefficient (Wildman–Crippen LogP) is 1.07. The van der Waals surface area contributed by atoms with E-state index in [9.17, 15) is 0 Å². The molecule has 0 spiro atoms. The Morgan fingerprint density at radius 1 is 1.71 bits per heavy atom. The lowest BCUT2D eigenvalue weighted by Gasteiger charge is -2.07. The second-order valence-corrected chi connectivity index (χ2v) is 1.59. The van der Waals surface area contributed by atoms with Crippen LogP contribution in [-0.4, -0.2) is 12.2 Å². The SMILES string of the molecule is ClC1C=CCOO1. The van der Waals surface area contributed by atoms with Crippen molar-refractivity contribution in [3.63, 3.8) is 0 Å². The van der Waals surface area contributed by atoms with Crippen molar-refractivity contribution >= 4 is 11.6 Å². The Kier molecular flexibility index (Phi) is 1.68. The van der Waals surface area contributed by atoms with Crippen LogP contribution in [-0.2, 0) is 9.78 Å². The summed E-state index contributed by atoms with van der Waals surface area (Å²) in [5.41, 5.74) is -0.395. The van der Waals surface area contributed by atoms with Gasteiger partial charge in [0.1, 0.15) is 6.61 Å². The van der Waals surface area contributed by atoms with Crippen molar-refractivity contribution in [1.82, 2.24) is 0 Å². The van der Waals surface area contributed by atoms with Gasteiger partial charge >= 0.3 is 0 Å². The Balaban J connectivity index is 2.36. The van der Waals surface area contributed by atoms with E-state index in [0.29, 0.717) is 6.61 Å². The van der Waals surface area contributed by atoms with E-state index in [2.05, 4.69) is 9.78 Å². The van der Waals surface area contributed by atoms with Gasteiger partial charge in [-0.05, 0) is 6.08 Å². The van der Waals surface area contributed by atoms with Crippen LogP contribution in [0, 0.1) is 0 Å². The van der Waals surface area contributed by atoms with E-state index in [4.69, 9.17) is 11.6 Å². The van der Waals surface area contributed by atoms with Crippen LogP contribution >= 0.6 is 11.6 Å². The van der Waals surface area contributed by atoms with Crippen LogP contribution in [0.25, 0.3) is 0 Å². The third kappa shape index (κ3) is 1.47. The van der Waals surface area contributed by atoms with Gasteiger partial charge < -0.3 is 0 Å². The molecule has 0 N–H and O–H groups in total. The normalized spacial score (nSPS) is 30.7. The standard InChI is InChI=1S/C4H5ClO2/c5-4-2-1-3-6-7-4/h1-2,4H,3H2. The minimum absolute atomic E-state index is 0.395. The van der Waals surface area contributed by atoms with Crippen molar-refractivity contribution in [2.45, 2.75) is 5.56 Å². The van der Waals surface area contributed by atoms with Gasteiger partial charge in [-0.2, -0.15) is 0 Å². The molecule has 40 valence electrons. The maximum Gasteiger partial charge on any atom is 0.184 e. The average molecular weight is 121 g/mol. The van der Waals surface area contributed by atoms with Gasteiger partial charge in [-0.25, -0.2) is 9.78 Å². The Labute approximate surface area is 46.6 Å². The van der Waals surface area contributed by atoms with Crippen molar-refractivity contribution < 1.29 is 9.78 Å². The first-order valence-corrected chi connectivity index (χ1v) is 2.42. The summed E-state index contributed by atoms with van der Waals surface area (Å²) >= 11 is 5.38. The largest absolute Gasteiger partial charge is 0.231 e. The molecule has 0 aromatic carbocycles. The fraction of sp³-hybridized carbons (Fsp3) is 0.500. The second kappa shape index (κ2) is 2.31. The van der Waals surface area contributed by atoms with Crippen molar-refractivity contribution in [1.29, 1.82) is 0 Å². The second-order valence-electron chi connectivity index (χ2n) is 1.16. The first-order valence-electron chi connectivity index (χ1n) is 1.98. The third-order valence-electron chi connectivity index (χ3n) is 0.612. The van der Waals surface area contributed by atoms with Crippen LogP contribution in [0.15, 0.2) is 12.2 Å². The third-order valence-corrected chi connectivity index (χ3v) is 0.830. The lowest BCUT2D eigenvalue weighted by atomic mass is 10.5. The molecular weight excluding hydrogens is 115 g/mol. The first kappa shape index (κ1) is 5.09. The fourth-order valence-corrected chi connectivity index (χ4v) is 0.492. The van der Waals surface area contributed by atoms with Gasteiger partial charge in [-0.1, -0.05) is 17.7 Å². The summed E-state index contributed by atoms with van der Waals surface area (Å²) in [4.78, 5) is 8.92. The Morgan fingerprint density at radius 3 is 2.86 bits per heavy atom. The molecule has 0 radical (unpaired) electrons. The highest BCUT2D eigenvalue weighted by molar-refractivity contribution is 6.20. The molecule has 0 saturated heterocycles. The minimum atomic E-state index is -0.395. The summed E-state index contributed by atoms with van der Waals surface area (Å²) < 4.78 is 0. The zero-order chi connectivity index (χ0) is 5.11. The number of alkyl halides is 1. The van der Waals surface area contributed by atoms with E-state index in [1.165, 1.54) is 0 Å². The summed E-state index contributed by atoms with van der Waals surface area (Å²) in [7, 11) is 0. The van der Waals surface area contributed by atoms with E-state index < -0.39 is 5.56 Å². The summed E-state index contributed by atoms with van der Waals surface area (Å²) in [5.74, 6) is 0. The highest BCUT2D eigenvalue weighted by Gasteiger charge is 2.02. The van der Waals surface area contributed by atoms with Gasteiger partial charge in [0.15, 0.2) is 5.56 Å². The molecule has 3 heteroatoms. The number of hydrogen-bond donors (Lipinski definition) is 0. The van der Waals surface area contributed by atoms with Crippen LogP contribution < -0.4 is 0 Å². The molecule has 7 heavy (non-hydrogen) atoms. The van der Waals surface area contributed by atoms with Crippen LogP contribution in [0.2, 0.25) is 0 Å². The number of halogens is 1. The van der Waals surface area contributed by atoms with Crippen LogP contribution in [0.5, 0.6) is 0 Å². The average Bonchev–Trinajstić information content (AvgIpc) is 1.69. The summed E-state index contributed by atoms with van der Waals surface area (Å²) in [6.45, 7) is 0.503. The molecule has 0 fully saturated rings. The molecule has 1 aliphatic rings. The van der Waals surface area contributed by atoms with Crippen molar-refractivity contribution in [3.8, 4) is 0 Å². The van der Waals surface area contributed by atoms with Gasteiger partial charge in [0.25, 0.3) is 0 Å². The molecule has 0 saturated carbocycles. The zero-order valence-electron chi connectivity index (χ0n) is 3.63. The van der Waals surface area contributed by atoms with E-state index in [-0.39, 0.29) is 0 Å². The van der Waals surface area contributed by atoms with Crippen LogP contribution in [0.1, 0.15) is 0 Å². The van der Waals surface area contributed by atoms with Gasteiger partial charge in [0.2, 0.25) is 0 Å². The number of rotatable bonds is 0. The molecular formula is C4H5ClO2. The van der Waals surface area contributed by atoms with E-state index >= 15 is 0 Å². The molecule has 1 aliphatic heterocycles. The van der Waals surface area contributed by atoms with E-state index in [1.807, 2.05) is 0 Å². The highest BCUT2D eigenvalue weighted by atomic mass is 35.5. The monoisotopic (exact) mass is 120 g/mol. The minimum Gasteiger partial charge on any atom is -0.231 e. The lowest BCUT2D eigenvalue weighted by molar-refractivity contribution is -0.295. The van der Waals surface area contributed by atoms with Crippen LogP contribution in [0.3, 0.4) is 0 Å². The molecule has 0 amide bonds. The Morgan fingerprint density at radius 2 is 2.57 bits per heavy atom. The quantitative estimate of drug-likeness (QED) is 0.271. The lowest BCUT2D eigenvalue weighted by Crippen LogP contribution is -2.07. The molecule has 0 aliphatic carbocycles. The summed E-state index contributed by atoms with van der Waals surface area (Å²) in [6, 6.07) is 0. The molecule has 1 heterocycles. The maximum absolute atomic E-state index is 5.38. The van der Waals surface area contributed by atoms with Gasteiger partial charge in [0, 0.05) is 0 Å². The molecule has 1 atom stereocenters. The van der Waals surface area contributed by atoms with Crippen molar-refractivity contribution in [2.24, 2.45) is 0 Å². The predicted molar refractivity (Wildman–Crippen MR) is 25.8 cm³/mol. The molecule has 0 aromatic rings. The molecule has 0 bridgehead atoms. The molecule has 0 aromatic heterocycles. The topological polar surface area (TPSA) is 18.5 Å². The zero-order valence-corrected chi connectivity index (χ0v) is 4.39. The van der Waals surface area contributed by atoms with Gasteiger partial charge in [0.05, 0.1) is 0 Å². The number of hydrogen-bond acceptors (Lipinski definition) is 2. The maximum atomic E-state index is 5.38. The fourth-order valence-electron chi connectivity index (χ4n) is 0.338. The first-order chi connectivity index (χ1) is 3.39. The van der Waals surface area contributed by atoms with Gasteiger partial charge in [-0.3, -0.25) is 0 Å². The smallest absolute Gasteiger partial charge is 0.184 e. The molecule has 1 rings (SSSR count). The van der Waals surface area contributed by atoms with E-state index in [1.54, 1.807) is 12.2 Å².